The number of rotatable bonds is 8. The second kappa shape index (κ2) is 8.63. The van der Waals surface area contributed by atoms with Gasteiger partial charge in [-0.2, -0.15) is 0 Å². The fourth-order valence-corrected chi connectivity index (χ4v) is 2.19. The Balaban J connectivity index is 2.06. The Bertz CT molecular complexity index is 805. The molecule has 0 saturated heterocycles. The van der Waals surface area contributed by atoms with Gasteiger partial charge >= 0.3 is 5.97 Å². The van der Waals surface area contributed by atoms with Crippen molar-refractivity contribution in [1.29, 1.82) is 0 Å². The Kier molecular flexibility index (Phi) is 6.29. The number of carboxylic acids is 1. The van der Waals surface area contributed by atoms with E-state index in [9.17, 15) is 14.4 Å². The van der Waals surface area contributed by atoms with Crippen molar-refractivity contribution < 1.29 is 24.2 Å². The molecular formula is C18H19N3O5. The Morgan fingerprint density at radius 3 is 2.35 bits per heavy atom. The van der Waals surface area contributed by atoms with Crippen LogP contribution in [0.2, 0.25) is 0 Å². The van der Waals surface area contributed by atoms with Crippen LogP contribution in [0.3, 0.4) is 0 Å². The number of primary amides is 1. The highest BCUT2D eigenvalue weighted by Crippen LogP contribution is 2.20. The fraction of sp³-hybridized carbons (Fsp3) is 0.167. The summed E-state index contributed by atoms with van der Waals surface area (Å²) < 4.78 is 5.24. The van der Waals surface area contributed by atoms with Crippen LogP contribution in [0.4, 0.5) is 5.69 Å². The summed E-state index contributed by atoms with van der Waals surface area (Å²) in [5, 5.41) is 11.5. The minimum Gasteiger partial charge on any atom is -0.483 e. The molecule has 0 saturated carbocycles. The van der Waals surface area contributed by atoms with E-state index < -0.39 is 23.8 Å². The molecule has 0 radical (unpaired) electrons. The number of aliphatic carboxylic acids is 1. The second-order valence-electron chi connectivity index (χ2n) is 5.55. The normalized spacial score (nSPS) is 11.4. The molecule has 0 unspecified atom stereocenters. The fourth-order valence-electron chi connectivity index (χ4n) is 2.19. The van der Waals surface area contributed by atoms with E-state index in [-0.39, 0.29) is 24.3 Å². The lowest BCUT2D eigenvalue weighted by Gasteiger charge is -2.11. The molecule has 2 aromatic carbocycles. The van der Waals surface area contributed by atoms with Crippen LogP contribution in [-0.4, -0.2) is 35.5 Å². The highest BCUT2D eigenvalue weighted by atomic mass is 16.5. The van der Waals surface area contributed by atoms with Gasteiger partial charge in [0.05, 0.1) is 5.56 Å². The lowest BCUT2D eigenvalue weighted by Crippen LogP contribution is -2.32. The van der Waals surface area contributed by atoms with Gasteiger partial charge in [0.2, 0.25) is 0 Å². The third-order valence-electron chi connectivity index (χ3n) is 3.49. The number of amides is 2. The van der Waals surface area contributed by atoms with Crippen LogP contribution in [0.5, 0.6) is 5.75 Å². The van der Waals surface area contributed by atoms with Gasteiger partial charge in [0.1, 0.15) is 11.8 Å². The zero-order valence-corrected chi connectivity index (χ0v) is 13.8. The molecule has 26 heavy (non-hydrogen) atoms. The molecule has 8 heteroatoms. The summed E-state index contributed by atoms with van der Waals surface area (Å²) in [5.74, 6) is -1.89. The van der Waals surface area contributed by atoms with Gasteiger partial charge in [-0.3, -0.25) is 14.4 Å². The van der Waals surface area contributed by atoms with Gasteiger partial charge in [-0.1, -0.05) is 24.3 Å². The average Bonchev–Trinajstić information content (AvgIpc) is 2.61. The number of carbonyl (C=O) groups is 3. The van der Waals surface area contributed by atoms with E-state index in [0.717, 1.165) is 5.56 Å². The van der Waals surface area contributed by atoms with Gasteiger partial charge in [-0.15, -0.1) is 0 Å². The Morgan fingerprint density at radius 2 is 1.73 bits per heavy atom. The molecule has 0 bridgehead atoms. The van der Waals surface area contributed by atoms with Gasteiger partial charge in [0, 0.05) is 5.69 Å². The Hall–Kier alpha value is -3.39. The van der Waals surface area contributed by atoms with E-state index in [1.165, 1.54) is 0 Å². The number of benzene rings is 2. The lowest BCUT2D eigenvalue weighted by atomic mass is 10.1. The summed E-state index contributed by atoms with van der Waals surface area (Å²) in [6.07, 6.45) is 0.188. The molecule has 0 aliphatic heterocycles. The first-order valence-electron chi connectivity index (χ1n) is 7.75. The number of hydrogen-bond donors (Lipinski definition) is 4. The van der Waals surface area contributed by atoms with Crippen molar-refractivity contribution >= 4 is 23.5 Å². The van der Waals surface area contributed by atoms with E-state index in [1.807, 2.05) is 0 Å². The Morgan fingerprint density at radius 1 is 1.08 bits per heavy atom. The second-order valence-corrected chi connectivity index (χ2v) is 5.55. The van der Waals surface area contributed by atoms with Crippen molar-refractivity contribution in [2.45, 2.75) is 12.5 Å². The van der Waals surface area contributed by atoms with Gasteiger partial charge < -0.3 is 26.6 Å². The molecule has 2 aromatic rings. The zero-order valence-electron chi connectivity index (χ0n) is 13.8. The number of ether oxygens (including phenoxy) is 1. The third kappa shape index (κ3) is 5.32. The van der Waals surface area contributed by atoms with E-state index >= 15 is 0 Å². The van der Waals surface area contributed by atoms with Gasteiger partial charge in [-0.25, -0.2) is 0 Å². The molecular weight excluding hydrogens is 338 g/mol. The highest BCUT2D eigenvalue weighted by Gasteiger charge is 2.14. The van der Waals surface area contributed by atoms with E-state index in [0.29, 0.717) is 5.69 Å². The van der Waals surface area contributed by atoms with Crippen molar-refractivity contribution in [3.63, 3.8) is 0 Å². The predicted molar refractivity (Wildman–Crippen MR) is 94.8 cm³/mol. The van der Waals surface area contributed by atoms with Gasteiger partial charge in [0.15, 0.2) is 6.61 Å². The van der Waals surface area contributed by atoms with Crippen LogP contribution in [0.15, 0.2) is 48.5 Å². The third-order valence-corrected chi connectivity index (χ3v) is 3.49. The molecule has 0 fully saturated rings. The zero-order chi connectivity index (χ0) is 19.1. The summed E-state index contributed by atoms with van der Waals surface area (Å²) in [6, 6.07) is 12.2. The van der Waals surface area contributed by atoms with Crippen LogP contribution in [0.25, 0.3) is 0 Å². The number of carboxylic acid groups (broad SMARTS) is 1. The molecule has 2 rings (SSSR count). The van der Waals surface area contributed by atoms with Crippen molar-refractivity contribution in [3.8, 4) is 5.75 Å². The maximum absolute atomic E-state index is 12.4. The van der Waals surface area contributed by atoms with Crippen molar-refractivity contribution in [2.24, 2.45) is 11.5 Å². The average molecular weight is 357 g/mol. The molecule has 8 nitrogen and oxygen atoms in total. The molecule has 136 valence electrons. The van der Waals surface area contributed by atoms with Crippen LogP contribution in [0, 0.1) is 0 Å². The molecule has 0 aliphatic rings. The standard InChI is InChI=1S/C18H19N3O5/c19-14(18(24)25)9-11-5-7-12(8-6-11)21-17(23)13-3-1-2-4-15(13)26-10-16(20)22/h1-8,14H,9-10,19H2,(H2,20,22)(H,21,23)(H,24,25)/t14-/m0/s1. The summed E-state index contributed by atoms with van der Waals surface area (Å²) in [4.78, 5) is 34.1. The number of nitrogens with one attached hydrogen (secondary N) is 1. The summed E-state index contributed by atoms with van der Waals surface area (Å²) in [7, 11) is 0. The number of carbonyl (C=O) groups excluding carboxylic acids is 2. The first-order chi connectivity index (χ1) is 12.4. The van der Waals surface area contributed by atoms with Gasteiger partial charge in [-0.05, 0) is 36.2 Å². The number of hydrogen-bond acceptors (Lipinski definition) is 5. The van der Waals surface area contributed by atoms with E-state index in [4.69, 9.17) is 21.3 Å². The largest absolute Gasteiger partial charge is 0.483 e. The molecule has 0 aliphatic carbocycles. The maximum Gasteiger partial charge on any atom is 0.320 e. The minimum atomic E-state index is -1.07. The minimum absolute atomic E-state index is 0.188. The van der Waals surface area contributed by atoms with Crippen LogP contribution in [0.1, 0.15) is 15.9 Å². The summed E-state index contributed by atoms with van der Waals surface area (Å²) in [6.45, 7) is -0.331. The monoisotopic (exact) mass is 357 g/mol. The molecule has 0 spiro atoms. The van der Waals surface area contributed by atoms with Crippen molar-refractivity contribution in [3.05, 3.63) is 59.7 Å². The number of nitrogens with two attached hydrogens (primary N) is 2. The van der Waals surface area contributed by atoms with Crippen LogP contribution >= 0.6 is 0 Å². The van der Waals surface area contributed by atoms with E-state index in [2.05, 4.69) is 5.32 Å². The van der Waals surface area contributed by atoms with Gasteiger partial charge in [0.25, 0.3) is 11.8 Å². The lowest BCUT2D eigenvalue weighted by molar-refractivity contribution is -0.138. The first kappa shape index (κ1) is 18.9. The number of anilines is 1. The predicted octanol–water partition coefficient (Wildman–Crippen LogP) is 0.757. The topological polar surface area (TPSA) is 145 Å². The molecule has 2 amide bonds. The quantitative estimate of drug-likeness (QED) is 0.549. The van der Waals surface area contributed by atoms with Crippen molar-refractivity contribution in [1.82, 2.24) is 0 Å². The Labute approximate surface area is 149 Å². The molecule has 0 heterocycles. The van der Waals surface area contributed by atoms with Crippen LogP contribution in [-0.2, 0) is 16.0 Å². The summed E-state index contributed by atoms with van der Waals surface area (Å²) >= 11 is 0. The number of para-hydroxylation sites is 1. The molecule has 0 aromatic heterocycles. The van der Waals surface area contributed by atoms with E-state index in [1.54, 1.807) is 48.5 Å². The van der Waals surface area contributed by atoms with Crippen LogP contribution < -0.4 is 21.5 Å². The van der Waals surface area contributed by atoms with Crippen molar-refractivity contribution in [2.75, 3.05) is 11.9 Å². The first-order valence-corrected chi connectivity index (χ1v) is 7.75. The molecule has 1 atom stereocenters. The SMILES string of the molecule is NC(=O)COc1ccccc1C(=O)Nc1ccc(C[C@H](N)C(=O)O)cc1. The molecule has 6 N–H and O–H groups in total. The smallest absolute Gasteiger partial charge is 0.320 e. The highest BCUT2D eigenvalue weighted by molar-refractivity contribution is 6.06. The summed E-state index contributed by atoms with van der Waals surface area (Å²) in [5.41, 5.74) is 12.1. The maximum atomic E-state index is 12.4.